The van der Waals surface area contributed by atoms with E-state index in [4.69, 9.17) is 4.74 Å². The van der Waals surface area contributed by atoms with Gasteiger partial charge < -0.3 is 10.1 Å². The third-order valence-electron chi connectivity index (χ3n) is 3.86. The Morgan fingerprint density at radius 2 is 2.16 bits per heavy atom. The molecule has 1 N–H and O–H groups in total. The highest BCUT2D eigenvalue weighted by Gasteiger charge is 2.32. The van der Waals surface area contributed by atoms with Gasteiger partial charge in [0.05, 0.1) is 5.60 Å². The van der Waals surface area contributed by atoms with E-state index in [-0.39, 0.29) is 5.60 Å². The van der Waals surface area contributed by atoms with E-state index >= 15 is 0 Å². The largest absolute Gasteiger partial charge is 0.374 e. The third kappa shape index (κ3) is 5.25. The van der Waals surface area contributed by atoms with Crippen LogP contribution in [0, 0.1) is 0 Å². The normalized spacial score (nSPS) is 16.2. The van der Waals surface area contributed by atoms with Crippen LogP contribution in [0.1, 0.15) is 52.5 Å². The molecule has 0 aromatic carbocycles. The summed E-state index contributed by atoms with van der Waals surface area (Å²) in [6.45, 7) is 10.6. The van der Waals surface area contributed by atoms with Crippen molar-refractivity contribution in [1.82, 2.24) is 5.32 Å². The molecule has 110 valence electrons. The molecule has 1 heterocycles. The fourth-order valence-corrected chi connectivity index (χ4v) is 3.17. The molecular formula is C16H29NOS. The SMILES string of the molecule is CCCNC(CCc1ccsc1)C(C)(CC)OCC. The van der Waals surface area contributed by atoms with E-state index < -0.39 is 0 Å². The molecule has 0 aliphatic heterocycles. The lowest BCUT2D eigenvalue weighted by atomic mass is 9.88. The van der Waals surface area contributed by atoms with Gasteiger partial charge in [0.1, 0.15) is 0 Å². The van der Waals surface area contributed by atoms with Gasteiger partial charge in [0.15, 0.2) is 0 Å². The highest BCUT2D eigenvalue weighted by molar-refractivity contribution is 7.07. The molecule has 2 unspecified atom stereocenters. The predicted octanol–water partition coefficient (Wildman–Crippen LogP) is 4.25. The third-order valence-corrected chi connectivity index (χ3v) is 4.59. The van der Waals surface area contributed by atoms with Crippen LogP contribution in [0.3, 0.4) is 0 Å². The van der Waals surface area contributed by atoms with E-state index in [1.165, 1.54) is 12.0 Å². The van der Waals surface area contributed by atoms with Crippen molar-refractivity contribution >= 4 is 11.3 Å². The fourth-order valence-electron chi connectivity index (χ4n) is 2.47. The Bertz CT molecular complexity index is 325. The molecule has 2 atom stereocenters. The summed E-state index contributed by atoms with van der Waals surface area (Å²) >= 11 is 1.78. The summed E-state index contributed by atoms with van der Waals surface area (Å²) in [5, 5.41) is 8.10. The molecule has 0 bridgehead atoms. The van der Waals surface area contributed by atoms with Crippen molar-refractivity contribution in [1.29, 1.82) is 0 Å². The first-order valence-corrected chi connectivity index (χ1v) is 8.49. The molecule has 0 spiro atoms. The van der Waals surface area contributed by atoms with Gasteiger partial charge in [-0.15, -0.1) is 0 Å². The summed E-state index contributed by atoms with van der Waals surface area (Å²) in [5.74, 6) is 0. The number of hydrogen-bond donors (Lipinski definition) is 1. The Morgan fingerprint density at radius 3 is 2.68 bits per heavy atom. The lowest BCUT2D eigenvalue weighted by molar-refractivity contribution is -0.0568. The molecule has 1 aromatic rings. The van der Waals surface area contributed by atoms with Crippen molar-refractivity contribution in [3.63, 3.8) is 0 Å². The summed E-state index contributed by atoms with van der Waals surface area (Å²) in [6, 6.07) is 2.66. The molecule has 0 saturated heterocycles. The van der Waals surface area contributed by atoms with Crippen LogP contribution in [-0.2, 0) is 11.2 Å². The molecule has 1 rings (SSSR count). The molecule has 3 heteroatoms. The van der Waals surface area contributed by atoms with Gasteiger partial charge in [0.25, 0.3) is 0 Å². The van der Waals surface area contributed by atoms with E-state index in [9.17, 15) is 0 Å². The summed E-state index contributed by atoms with van der Waals surface area (Å²) in [7, 11) is 0. The van der Waals surface area contributed by atoms with Crippen molar-refractivity contribution in [2.75, 3.05) is 13.2 Å². The first-order valence-electron chi connectivity index (χ1n) is 7.54. The Balaban J connectivity index is 2.63. The second-order valence-electron chi connectivity index (χ2n) is 5.28. The Labute approximate surface area is 122 Å². The Kier molecular flexibility index (Phi) is 7.66. The van der Waals surface area contributed by atoms with Gasteiger partial charge in [-0.2, -0.15) is 11.3 Å². The lowest BCUT2D eigenvalue weighted by Gasteiger charge is -2.37. The van der Waals surface area contributed by atoms with Crippen LogP contribution in [0.4, 0.5) is 0 Å². The summed E-state index contributed by atoms with van der Waals surface area (Å²) in [6.07, 6.45) is 4.49. The highest BCUT2D eigenvalue weighted by atomic mass is 32.1. The van der Waals surface area contributed by atoms with Gasteiger partial charge in [-0.1, -0.05) is 13.8 Å². The van der Waals surface area contributed by atoms with Crippen molar-refractivity contribution in [2.24, 2.45) is 0 Å². The van der Waals surface area contributed by atoms with Crippen LogP contribution < -0.4 is 5.32 Å². The molecule has 0 aliphatic carbocycles. The lowest BCUT2D eigenvalue weighted by Crippen LogP contribution is -2.50. The topological polar surface area (TPSA) is 21.3 Å². The van der Waals surface area contributed by atoms with Crippen molar-refractivity contribution in [2.45, 2.75) is 65.0 Å². The number of thiophene rings is 1. The number of nitrogens with one attached hydrogen (secondary N) is 1. The second kappa shape index (κ2) is 8.72. The van der Waals surface area contributed by atoms with Crippen LogP contribution in [-0.4, -0.2) is 24.8 Å². The van der Waals surface area contributed by atoms with Crippen molar-refractivity contribution in [3.05, 3.63) is 22.4 Å². The van der Waals surface area contributed by atoms with Gasteiger partial charge in [-0.05, 0) is 68.5 Å². The summed E-state index contributed by atoms with van der Waals surface area (Å²) < 4.78 is 6.05. The minimum atomic E-state index is -0.0556. The minimum Gasteiger partial charge on any atom is -0.374 e. The van der Waals surface area contributed by atoms with E-state index in [1.807, 2.05) is 0 Å². The zero-order chi connectivity index (χ0) is 14.1. The minimum absolute atomic E-state index is 0.0556. The summed E-state index contributed by atoms with van der Waals surface area (Å²) in [4.78, 5) is 0. The van der Waals surface area contributed by atoms with E-state index in [2.05, 4.69) is 49.8 Å². The van der Waals surface area contributed by atoms with Crippen LogP contribution in [0.5, 0.6) is 0 Å². The van der Waals surface area contributed by atoms with Gasteiger partial charge in [0.2, 0.25) is 0 Å². The molecule has 2 nitrogen and oxygen atoms in total. The standard InChI is InChI=1S/C16H29NOS/c1-5-11-17-15(16(4,6-2)18-7-3)9-8-14-10-12-19-13-14/h10,12-13,15,17H,5-9,11H2,1-4H3. The zero-order valence-electron chi connectivity index (χ0n) is 12.9. The van der Waals surface area contributed by atoms with E-state index in [0.717, 1.165) is 32.4 Å². The molecule has 1 aromatic heterocycles. The fraction of sp³-hybridized carbons (Fsp3) is 0.750. The van der Waals surface area contributed by atoms with Gasteiger partial charge in [0, 0.05) is 12.6 Å². The van der Waals surface area contributed by atoms with Crippen molar-refractivity contribution < 1.29 is 4.74 Å². The molecule has 0 saturated carbocycles. The van der Waals surface area contributed by atoms with Gasteiger partial charge in [-0.25, -0.2) is 0 Å². The molecular weight excluding hydrogens is 254 g/mol. The first-order chi connectivity index (χ1) is 9.16. The molecule has 0 amide bonds. The zero-order valence-corrected chi connectivity index (χ0v) is 13.7. The summed E-state index contributed by atoms with van der Waals surface area (Å²) in [5.41, 5.74) is 1.39. The van der Waals surface area contributed by atoms with Crippen LogP contribution in [0.15, 0.2) is 16.8 Å². The van der Waals surface area contributed by atoms with Gasteiger partial charge >= 0.3 is 0 Å². The first kappa shape index (κ1) is 16.7. The predicted molar refractivity (Wildman–Crippen MR) is 85.0 cm³/mol. The van der Waals surface area contributed by atoms with Gasteiger partial charge in [-0.3, -0.25) is 0 Å². The van der Waals surface area contributed by atoms with E-state index in [0.29, 0.717) is 6.04 Å². The molecule has 0 fully saturated rings. The van der Waals surface area contributed by atoms with Crippen LogP contribution in [0.25, 0.3) is 0 Å². The van der Waals surface area contributed by atoms with Crippen LogP contribution >= 0.6 is 11.3 Å². The maximum Gasteiger partial charge on any atom is 0.0804 e. The average molecular weight is 283 g/mol. The average Bonchev–Trinajstić information content (AvgIpc) is 2.92. The highest BCUT2D eigenvalue weighted by Crippen LogP contribution is 2.24. The molecule has 0 radical (unpaired) electrons. The van der Waals surface area contributed by atoms with E-state index in [1.54, 1.807) is 11.3 Å². The quantitative estimate of drug-likeness (QED) is 0.693. The van der Waals surface area contributed by atoms with Crippen LogP contribution in [0.2, 0.25) is 0 Å². The maximum absolute atomic E-state index is 6.05. The molecule has 0 aliphatic rings. The Morgan fingerprint density at radius 1 is 1.37 bits per heavy atom. The Hall–Kier alpha value is -0.380. The van der Waals surface area contributed by atoms with Crippen molar-refractivity contribution in [3.8, 4) is 0 Å². The smallest absolute Gasteiger partial charge is 0.0804 e. The second-order valence-corrected chi connectivity index (χ2v) is 6.06. The number of ether oxygens (including phenoxy) is 1. The molecule has 19 heavy (non-hydrogen) atoms. The number of aryl methyl sites for hydroxylation is 1. The monoisotopic (exact) mass is 283 g/mol. The maximum atomic E-state index is 6.05. The number of rotatable bonds is 10. The number of hydrogen-bond acceptors (Lipinski definition) is 3.